The summed E-state index contributed by atoms with van der Waals surface area (Å²) in [7, 11) is 0. The van der Waals surface area contributed by atoms with Crippen LogP contribution in [-0.2, 0) is 0 Å². The van der Waals surface area contributed by atoms with Crippen LogP contribution in [0, 0.1) is 0 Å². The second-order valence-corrected chi connectivity index (χ2v) is 5.35. The zero-order valence-corrected chi connectivity index (χ0v) is 11.4. The van der Waals surface area contributed by atoms with Crippen molar-refractivity contribution in [3.8, 4) is 0 Å². The Balaban J connectivity index is 1.75. The van der Waals surface area contributed by atoms with Gasteiger partial charge in [-0.3, -0.25) is 0 Å². The Hall–Kier alpha value is -2.62. The minimum atomic E-state index is -0.346. The van der Waals surface area contributed by atoms with Crippen LogP contribution in [0.2, 0.25) is 0 Å². The van der Waals surface area contributed by atoms with Crippen molar-refractivity contribution >= 4 is 22.6 Å². The van der Waals surface area contributed by atoms with Gasteiger partial charge in [0.15, 0.2) is 0 Å². The highest BCUT2D eigenvalue weighted by molar-refractivity contribution is 5.79. The molecule has 3 aromatic rings. The molecule has 4 rings (SSSR count). The monoisotopic (exact) mass is 278 g/mol. The molecule has 1 aliphatic rings. The maximum atomic E-state index is 12.1. The van der Waals surface area contributed by atoms with E-state index in [2.05, 4.69) is 16.4 Å². The average Bonchev–Trinajstić information content (AvgIpc) is 3.33. The van der Waals surface area contributed by atoms with Gasteiger partial charge in [0.25, 0.3) is 0 Å². The summed E-state index contributed by atoms with van der Waals surface area (Å²) < 4.78 is 5.27. The number of benzene rings is 2. The van der Waals surface area contributed by atoms with E-state index in [9.17, 15) is 4.79 Å². The van der Waals surface area contributed by atoms with Crippen LogP contribution < -0.4 is 10.9 Å². The first-order chi connectivity index (χ1) is 10.3. The van der Waals surface area contributed by atoms with Crippen molar-refractivity contribution < 1.29 is 4.42 Å². The van der Waals surface area contributed by atoms with Gasteiger partial charge in [-0.05, 0) is 48.6 Å². The molecule has 1 N–H and O–H groups in total. The molecular weight excluding hydrogens is 264 g/mol. The normalized spacial score (nSPS) is 14.3. The first kappa shape index (κ1) is 12.1. The lowest BCUT2D eigenvalue weighted by molar-refractivity contribution is 0.522. The van der Waals surface area contributed by atoms with Crippen LogP contribution in [-0.4, -0.2) is 4.98 Å². The summed E-state index contributed by atoms with van der Waals surface area (Å²) in [4.78, 5) is 16.5. The highest BCUT2D eigenvalue weighted by Gasteiger charge is 2.24. The molecule has 2 aromatic carbocycles. The fourth-order valence-electron chi connectivity index (χ4n) is 2.46. The number of nitrogens with zero attached hydrogens (tertiary/aromatic N) is 1. The number of hydrogen-bond donors (Lipinski definition) is 1. The minimum absolute atomic E-state index is 0.220. The molecule has 0 atom stereocenters. The second-order valence-electron chi connectivity index (χ2n) is 5.35. The van der Waals surface area contributed by atoms with Crippen molar-refractivity contribution in [1.29, 1.82) is 0 Å². The Morgan fingerprint density at radius 3 is 2.67 bits per heavy atom. The number of para-hydroxylation sites is 1. The van der Waals surface area contributed by atoms with Crippen LogP contribution in [0.5, 0.6) is 0 Å². The van der Waals surface area contributed by atoms with Gasteiger partial charge < -0.3 is 9.73 Å². The van der Waals surface area contributed by atoms with Gasteiger partial charge >= 0.3 is 11.6 Å². The first-order valence-corrected chi connectivity index (χ1v) is 7.06. The lowest BCUT2D eigenvalue weighted by atomic mass is 10.1. The molecule has 0 bridgehead atoms. The van der Waals surface area contributed by atoms with E-state index in [-0.39, 0.29) is 11.6 Å². The molecule has 21 heavy (non-hydrogen) atoms. The predicted molar refractivity (Wildman–Crippen MR) is 82.0 cm³/mol. The van der Waals surface area contributed by atoms with Gasteiger partial charge in [-0.1, -0.05) is 24.3 Å². The summed E-state index contributed by atoms with van der Waals surface area (Å²) in [6.07, 6.45) is 2.41. The van der Waals surface area contributed by atoms with Gasteiger partial charge in [-0.25, -0.2) is 4.79 Å². The molecule has 0 radical (unpaired) electrons. The van der Waals surface area contributed by atoms with Crippen LogP contribution in [0.1, 0.15) is 24.3 Å². The van der Waals surface area contributed by atoms with E-state index >= 15 is 0 Å². The third kappa shape index (κ3) is 2.40. The third-order valence-electron chi connectivity index (χ3n) is 3.73. The Kier molecular flexibility index (Phi) is 2.74. The quantitative estimate of drug-likeness (QED) is 0.791. The molecule has 4 nitrogen and oxygen atoms in total. The Bertz CT molecular complexity index is 852. The SMILES string of the molecule is O=c1oc(Nc2ccccc2)nc2ccc(C3CC3)cc12. The Labute approximate surface area is 121 Å². The van der Waals surface area contributed by atoms with Crippen molar-refractivity contribution in [1.82, 2.24) is 4.98 Å². The van der Waals surface area contributed by atoms with Gasteiger partial charge in [-0.2, -0.15) is 4.98 Å². The number of aromatic nitrogens is 1. The molecule has 4 heteroatoms. The van der Waals surface area contributed by atoms with Crippen LogP contribution in [0.15, 0.2) is 57.7 Å². The summed E-state index contributed by atoms with van der Waals surface area (Å²) in [6, 6.07) is 15.6. The zero-order chi connectivity index (χ0) is 14.2. The lowest BCUT2D eigenvalue weighted by Gasteiger charge is -2.05. The summed E-state index contributed by atoms with van der Waals surface area (Å²) >= 11 is 0. The molecule has 1 saturated carbocycles. The van der Waals surface area contributed by atoms with Crippen LogP contribution in [0.25, 0.3) is 10.9 Å². The molecule has 0 amide bonds. The highest BCUT2D eigenvalue weighted by atomic mass is 16.4. The topological polar surface area (TPSA) is 55.1 Å². The van der Waals surface area contributed by atoms with Gasteiger partial charge in [-0.15, -0.1) is 0 Å². The largest absolute Gasteiger partial charge is 0.388 e. The molecule has 1 aromatic heterocycles. The maximum Gasteiger partial charge on any atom is 0.348 e. The van der Waals surface area contributed by atoms with E-state index < -0.39 is 0 Å². The molecule has 0 aliphatic heterocycles. The molecule has 0 saturated heterocycles. The summed E-state index contributed by atoms with van der Waals surface area (Å²) in [5.74, 6) is 0.607. The fourth-order valence-corrected chi connectivity index (χ4v) is 2.46. The van der Waals surface area contributed by atoms with Gasteiger partial charge in [0, 0.05) is 5.69 Å². The zero-order valence-electron chi connectivity index (χ0n) is 11.4. The van der Waals surface area contributed by atoms with Crippen molar-refractivity contribution in [2.24, 2.45) is 0 Å². The standard InChI is InChI=1S/C17H14N2O2/c20-16-14-10-12(11-6-7-11)8-9-15(14)19-17(21-16)18-13-4-2-1-3-5-13/h1-5,8-11H,6-7H2,(H,18,19). The molecule has 0 unspecified atom stereocenters. The van der Waals surface area contributed by atoms with E-state index in [1.807, 2.05) is 42.5 Å². The van der Waals surface area contributed by atoms with Gasteiger partial charge in [0.2, 0.25) is 0 Å². The molecule has 1 aliphatic carbocycles. The van der Waals surface area contributed by atoms with E-state index in [0.29, 0.717) is 16.8 Å². The minimum Gasteiger partial charge on any atom is -0.388 e. The third-order valence-corrected chi connectivity index (χ3v) is 3.73. The molecule has 104 valence electrons. The number of rotatable bonds is 3. The number of anilines is 2. The fraction of sp³-hybridized carbons (Fsp3) is 0.176. The van der Waals surface area contributed by atoms with E-state index in [4.69, 9.17) is 4.42 Å². The van der Waals surface area contributed by atoms with Crippen molar-refractivity contribution in [3.63, 3.8) is 0 Å². The summed E-state index contributed by atoms with van der Waals surface area (Å²) in [6.45, 7) is 0. The smallest absolute Gasteiger partial charge is 0.348 e. The lowest BCUT2D eigenvalue weighted by Crippen LogP contribution is -2.05. The molecular formula is C17H14N2O2. The van der Waals surface area contributed by atoms with Crippen molar-refractivity contribution in [2.75, 3.05) is 5.32 Å². The van der Waals surface area contributed by atoms with Gasteiger partial charge in [0.1, 0.15) is 0 Å². The summed E-state index contributed by atoms with van der Waals surface area (Å²) in [5, 5.41) is 3.56. The van der Waals surface area contributed by atoms with Crippen LogP contribution in [0.3, 0.4) is 0 Å². The van der Waals surface area contributed by atoms with Gasteiger partial charge in [0.05, 0.1) is 10.9 Å². The Morgan fingerprint density at radius 1 is 1.10 bits per heavy atom. The predicted octanol–water partition coefficient (Wildman–Crippen LogP) is 3.81. The van der Waals surface area contributed by atoms with Crippen molar-refractivity contribution in [2.45, 2.75) is 18.8 Å². The van der Waals surface area contributed by atoms with Crippen LogP contribution >= 0.6 is 0 Å². The van der Waals surface area contributed by atoms with E-state index in [1.165, 1.54) is 18.4 Å². The average molecular weight is 278 g/mol. The first-order valence-electron chi connectivity index (χ1n) is 7.06. The van der Waals surface area contributed by atoms with E-state index in [1.54, 1.807) is 0 Å². The molecule has 1 fully saturated rings. The number of fused-ring (bicyclic) bond motifs is 1. The number of hydrogen-bond acceptors (Lipinski definition) is 4. The second kappa shape index (κ2) is 4.74. The maximum absolute atomic E-state index is 12.1. The van der Waals surface area contributed by atoms with Crippen molar-refractivity contribution in [3.05, 3.63) is 64.5 Å². The number of nitrogens with one attached hydrogen (secondary N) is 1. The van der Waals surface area contributed by atoms with E-state index in [0.717, 1.165) is 5.69 Å². The molecule has 1 heterocycles. The Morgan fingerprint density at radius 2 is 1.90 bits per heavy atom. The highest BCUT2D eigenvalue weighted by Crippen LogP contribution is 2.40. The van der Waals surface area contributed by atoms with Crippen LogP contribution in [0.4, 0.5) is 11.7 Å². The molecule has 0 spiro atoms. The summed E-state index contributed by atoms with van der Waals surface area (Å²) in [5.41, 5.74) is 2.36.